The van der Waals surface area contributed by atoms with Crippen molar-refractivity contribution in [3.63, 3.8) is 0 Å². The van der Waals surface area contributed by atoms with Gasteiger partial charge in [-0.25, -0.2) is 9.59 Å². The zero-order valence-corrected chi connectivity index (χ0v) is 40.9. The lowest BCUT2D eigenvalue weighted by Crippen LogP contribution is -2.53. The van der Waals surface area contributed by atoms with Gasteiger partial charge in [0.15, 0.2) is 0 Å². The Balaban J connectivity index is 1.15. The molecule has 2 aliphatic carbocycles. The van der Waals surface area contributed by atoms with Crippen molar-refractivity contribution in [1.82, 2.24) is 15.1 Å². The normalized spacial score (nSPS) is 32.3. The monoisotopic (exact) mass is 955 g/mol. The van der Waals surface area contributed by atoms with E-state index in [1.54, 1.807) is 21.1 Å². The van der Waals surface area contributed by atoms with Gasteiger partial charge in [0.1, 0.15) is 29.0 Å². The van der Waals surface area contributed by atoms with Gasteiger partial charge in [0, 0.05) is 64.1 Å². The molecule has 362 valence electrons. The fraction of sp³-hybridized carbons (Fsp3) is 0.646. The Morgan fingerprint density at radius 3 is 2.47 bits per heavy atom. The van der Waals surface area contributed by atoms with Gasteiger partial charge in [-0.3, -0.25) is 28.9 Å². The maximum atomic E-state index is 14.4. The molecule has 6 amide bonds. The van der Waals surface area contributed by atoms with Crippen molar-refractivity contribution in [3.05, 3.63) is 46.5 Å². The second-order valence-electron chi connectivity index (χ2n) is 19.1. The van der Waals surface area contributed by atoms with Crippen molar-refractivity contribution in [1.29, 1.82) is 0 Å². The largest absolute Gasteiger partial charge is 0.495 e. The number of amides is 6. The number of likely N-dealkylation sites (tertiary alicyclic amines) is 1. The summed E-state index contributed by atoms with van der Waals surface area (Å²) < 4.78 is 23.6. The number of carbonyl (C=O) groups excluding carboxylic acids is 7. The summed E-state index contributed by atoms with van der Waals surface area (Å²) in [7, 11) is 6.23. The van der Waals surface area contributed by atoms with E-state index in [-0.39, 0.29) is 89.3 Å². The van der Waals surface area contributed by atoms with Gasteiger partial charge in [-0.15, -0.1) is 11.8 Å². The summed E-state index contributed by atoms with van der Waals surface area (Å²) in [5.74, 6) is -1.93. The first-order valence-electron chi connectivity index (χ1n) is 22.9. The van der Waals surface area contributed by atoms with Gasteiger partial charge >= 0.3 is 12.1 Å². The van der Waals surface area contributed by atoms with Gasteiger partial charge in [-0.05, 0) is 87.8 Å². The number of esters is 1. The molecular weight excluding hydrogens is 890 g/mol. The number of rotatable bonds is 12. The Kier molecular flexibility index (Phi) is 16.6. The van der Waals surface area contributed by atoms with E-state index in [1.807, 2.05) is 51.1 Å². The quantitative estimate of drug-likeness (QED) is 0.194. The lowest BCUT2D eigenvalue weighted by Gasteiger charge is -2.37. The average molecular weight is 957 g/mol. The second-order valence-corrected chi connectivity index (χ2v) is 20.7. The topological polar surface area (TPSA) is 204 Å². The van der Waals surface area contributed by atoms with Gasteiger partial charge in [0.05, 0.1) is 36.6 Å². The van der Waals surface area contributed by atoms with E-state index >= 15 is 0 Å². The molecule has 18 heteroatoms. The number of hydrogen-bond acceptors (Lipinski definition) is 12. The van der Waals surface area contributed by atoms with Gasteiger partial charge in [-0.1, -0.05) is 49.2 Å². The number of likely N-dealkylation sites (N-methyl/N-ethyl adjacent to an activating group) is 1. The lowest BCUT2D eigenvalue weighted by molar-refractivity contribution is -0.162. The molecular formula is C48H66ClN5O11S. The van der Waals surface area contributed by atoms with Crippen molar-refractivity contribution in [2.45, 2.75) is 128 Å². The van der Waals surface area contributed by atoms with Crippen LogP contribution in [0, 0.1) is 29.1 Å². The molecule has 3 aliphatic heterocycles. The number of nitrogens with one attached hydrogen (secondary N) is 1. The van der Waals surface area contributed by atoms with E-state index < -0.39 is 47.1 Å². The highest BCUT2D eigenvalue weighted by Gasteiger charge is 2.61. The highest BCUT2D eigenvalue weighted by molar-refractivity contribution is 8.00. The number of nitrogens with zero attached hydrogens (tertiary/aromatic N) is 3. The van der Waals surface area contributed by atoms with Gasteiger partial charge < -0.3 is 39.8 Å². The van der Waals surface area contributed by atoms with Crippen LogP contribution in [-0.2, 0) is 49.4 Å². The Labute approximate surface area is 397 Å². The van der Waals surface area contributed by atoms with Crippen LogP contribution in [0.2, 0.25) is 5.02 Å². The average Bonchev–Trinajstić information content (AvgIpc) is 3.92. The fourth-order valence-electron chi connectivity index (χ4n) is 10.0. The minimum Gasteiger partial charge on any atom is -0.495 e. The number of fused-ring (bicyclic) bond motifs is 5. The third-order valence-corrected chi connectivity index (χ3v) is 16.3. The maximum Gasteiger partial charge on any atom is 0.407 e. The molecule has 6 rings (SSSR count). The van der Waals surface area contributed by atoms with Crippen LogP contribution < -0.4 is 20.7 Å². The van der Waals surface area contributed by atoms with Crippen LogP contribution in [0.25, 0.3) is 0 Å². The minimum atomic E-state index is -1.03. The summed E-state index contributed by atoms with van der Waals surface area (Å²) in [5, 5.41) is 2.56. The summed E-state index contributed by atoms with van der Waals surface area (Å²) in [6.45, 7) is 7.83. The molecule has 4 bridgehead atoms. The number of imide groups is 1. The predicted octanol–water partition coefficient (Wildman–Crippen LogP) is 5.61. The summed E-state index contributed by atoms with van der Waals surface area (Å²) >= 11 is 8.08. The summed E-state index contributed by atoms with van der Waals surface area (Å²) in [6.07, 6.45) is 7.52. The van der Waals surface area contributed by atoms with Crippen molar-refractivity contribution < 1.29 is 52.5 Å². The highest BCUT2D eigenvalue weighted by atomic mass is 35.5. The number of benzene rings is 1. The van der Waals surface area contributed by atoms with Crippen molar-refractivity contribution >= 4 is 70.6 Å². The molecule has 66 heavy (non-hydrogen) atoms. The van der Waals surface area contributed by atoms with Crippen LogP contribution in [0.15, 0.2) is 35.9 Å². The first-order chi connectivity index (χ1) is 31.3. The molecule has 2 saturated heterocycles. The van der Waals surface area contributed by atoms with Crippen molar-refractivity contribution in [3.8, 4) is 5.75 Å². The van der Waals surface area contributed by atoms with Crippen LogP contribution in [0.3, 0.4) is 0 Å². The standard InChI is InChI=1S/C48H66ClN5O11S/c1-26-10-9-11-35(62-7)33-21-36(64-47(61)51-33)27(2)32-24-48(32,4)39(23-41(56)53(6)34-19-30(18-26)20-37(63-8)43(34)49)65-46(60)28(3)52(5)40(55)16-17-66-38-22-42(57)54(45(38)59)25-29-12-14-31(15-13-29)44(50)58/h9-11,19-20,27-29,31-33,35-36,38-39H,12-18,21-25H2,1-8H3,(H2,50,58)(H,51,61)/b11-9+,26-10+/t27-,28-,29?,31?,32-,33+,35+,36-,38?,39-,48-/m0/s1. The molecule has 16 nitrogen and oxygen atoms in total. The third-order valence-electron chi connectivity index (χ3n) is 14.7. The van der Waals surface area contributed by atoms with Gasteiger partial charge in [0.2, 0.25) is 29.5 Å². The number of ether oxygens (including phenoxy) is 4. The van der Waals surface area contributed by atoms with E-state index in [2.05, 4.69) is 5.32 Å². The first-order valence-corrected chi connectivity index (χ1v) is 24.4. The molecule has 3 N–H and O–H groups in total. The van der Waals surface area contributed by atoms with E-state index in [0.717, 1.165) is 24.0 Å². The van der Waals surface area contributed by atoms with Crippen LogP contribution >= 0.6 is 23.4 Å². The molecule has 9 atom stereocenters. The zero-order valence-electron chi connectivity index (χ0n) is 39.3. The number of alkyl carbamates (subject to hydrolysis) is 1. The van der Waals surface area contributed by atoms with Crippen LogP contribution in [-0.4, -0.2) is 128 Å². The molecule has 1 aromatic rings. The Morgan fingerprint density at radius 2 is 1.80 bits per heavy atom. The molecule has 1 aromatic carbocycles. The van der Waals surface area contributed by atoms with E-state index in [9.17, 15) is 33.6 Å². The molecule has 0 aromatic heterocycles. The fourth-order valence-corrected chi connectivity index (χ4v) is 11.5. The number of thioether (sulfide) groups is 1. The van der Waals surface area contributed by atoms with Gasteiger partial charge in [-0.2, -0.15) is 0 Å². The molecule has 2 saturated carbocycles. The molecule has 5 aliphatic rings. The van der Waals surface area contributed by atoms with Crippen LogP contribution in [0.1, 0.15) is 91.0 Å². The highest BCUT2D eigenvalue weighted by Crippen LogP contribution is 2.61. The van der Waals surface area contributed by atoms with Crippen molar-refractivity contribution in [2.24, 2.45) is 34.8 Å². The number of hydrogen-bond donors (Lipinski definition) is 2. The van der Waals surface area contributed by atoms with Crippen LogP contribution in [0.5, 0.6) is 5.75 Å². The number of anilines is 1. The number of methoxy groups -OCH3 is 2. The minimum absolute atomic E-state index is 0.00613. The van der Waals surface area contributed by atoms with E-state index in [1.165, 1.54) is 40.6 Å². The second kappa shape index (κ2) is 21.6. The smallest absolute Gasteiger partial charge is 0.407 e. The molecule has 3 heterocycles. The Hall–Kier alpha value is -4.61. The SMILES string of the molecule is COc1cc2cc(c1Cl)N(C)C(=O)C[C@H](OC(=O)[C@H](C)N(C)C(=O)CCSC1CC(=O)N(CC3CCC(C(N)=O)CC3)C1=O)[C@@]1(C)C[C@H]1[C@H](C)[C@@H]1C[C@@H](NC(=O)O1)[C@H](OC)/C=C/C=C(\C)C2. The van der Waals surface area contributed by atoms with Crippen molar-refractivity contribution in [2.75, 3.05) is 45.5 Å². The Bertz CT molecular complexity index is 2110. The maximum absolute atomic E-state index is 14.4. The predicted molar refractivity (Wildman–Crippen MR) is 250 cm³/mol. The number of carbonyl (C=O) groups is 7. The van der Waals surface area contributed by atoms with Crippen LogP contribution in [0.4, 0.5) is 10.5 Å². The lowest BCUT2D eigenvalue weighted by atomic mass is 9.81. The summed E-state index contributed by atoms with van der Waals surface area (Å²) in [4.78, 5) is 96.8. The molecule has 0 spiro atoms. The molecule has 4 fully saturated rings. The van der Waals surface area contributed by atoms with Gasteiger partial charge in [0.25, 0.3) is 0 Å². The van der Waals surface area contributed by atoms with E-state index in [4.69, 9.17) is 36.3 Å². The molecule has 1 unspecified atom stereocenters. The third kappa shape index (κ3) is 11.6. The number of nitrogens with two attached hydrogens (primary N) is 1. The number of halogens is 1. The first kappa shape index (κ1) is 50.8. The van der Waals surface area contributed by atoms with E-state index in [0.29, 0.717) is 50.1 Å². The summed E-state index contributed by atoms with van der Waals surface area (Å²) in [6, 6.07) is 2.27. The number of primary amides is 1. The summed E-state index contributed by atoms with van der Waals surface area (Å²) in [5.41, 5.74) is 7.04. The Morgan fingerprint density at radius 1 is 1.09 bits per heavy atom. The zero-order chi connectivity index (χ0) is 48.2. The molecule has 0 radical (unpaired) electrons. The number of allylic oxidation sites excluding steroid dienone is 3.